The minimum atomic E-state index is -0.535. The molecular weight excluding hydrogens is 322 g/mol. The molecule has 0 atom stereocenters. The fourth-order valence-electron chi connectivity index (χ4n) is 3.25. The summed E-state index contributed by atoms with van der Waals surface area (Å²) in [5, 5.41) is 12.2. The van der Waals surface area contributed by atoms with Crippen LogP contribution >= 0.6 is 0 Å². The molecule has 3 rings (SSSR count). The monoisotopic (exact) mass is 345 g/mol. The number of aliphatic hydroxyl groups is 1. The fraction of sp³-hybridized carbons (Fsp3) is 0.444. The van der Waals surface area contributed by atoms with Crippen molar-refractivity contribution in [2.75, 3.05) is 50.1 Å². The SMILES string of the molecule is COC(=O)C1=C(Nc2cccc(N3CCCC3)c2)C(=O)N(CCO)C1. The topological polar surface area (TPSA) is 82.1 Å². The van der Waals surface area contributed by atoms with Crippen LogP contribution in [0.1, 0.15) is 12.8 Å². The molecule has 1 amide bonds. The summed E-state index contributed by atoms with van der Waals surface area (Å²) in [6.45, 7) is 2.22. The average Bonchev–Trinajstić information content (AvgIpc) is 3.26. The number of anilines is 2. The smallest absolute Gasteiger partial charge is 0.337 e. The van der Waals surface area contributed by atoms with Crippen LogP contribution in [0.5, 0.6) is 0 Å². The largest absolute Gasteiger partial charge is 0.466 e. The van der Waals surface area contributed by atoms with Crippen LogP contribution in [-0.4, -0.2) is 61.8 Å². The minimum absolute atomic E-state index is 0.139. The van der Waals surface area contributed by atoms with Crippen molar-refractivity contribution in [1.29, 1.82) is 0 Å². The lowest BCUT2D eigenvalue weighted by Gasteiger charge is -2.19. The van der Waals surface area contributed by atoms with E-state index in [4.69, 9.17) is 9.84 Å². The number of hydrogen-bond acceptors (Lipinski definition) is 6. The summed E-state index contributed by atoms with van der Waals surface area (Å²) in [7, 11) is 1.29. The van der Waals surface area contributed by atoms with Gasteiger partial charge in [0, 0.05) is 31.0 Å². The Hall–Kier alpha value is -2.54. The zero-order valence-electron chi connectivity index (χ0n) is 14.3. The number of nitrogens with zero attached hydrogens (tertiary/aromatic N) is 2. The van der Waals surface area contributed by atoms with Gasteiger partial charge in [0.25, 0.3) is 5.91 Å². The molecule has 0 unspecified atom stereocenters. The van der Waals surface area contributed by atoms with Crippen molar-refractivity contribution in [3.05, 3.63) is 35.5 Å². The maximum absolute atomic E-state index is 12.5. The number of β-amino-alcohol motifs (C(OH)–C–C–N with tert-alkyl or cyclic N) is 1. The summed E-state index contributed by atoms with van der Waals surface area (Å²) in [6, 6.07) is 7.82. The molecule has 2 N–H and O–H groups in total. The van der Waals surface area contributed by atoms with Crippen molar-refractivity contribution in [2.45, 2.75) is 12.8 Å². The minimum Gasteiger partial charge on any atom is -0.466 e. The molecule has 1 fully saturated rings. The molecule has 0 radical (unpaired) electrons. The molecule has 25 heavy (non-hydrogen) atoms. The zero-order chi connectivity index (χ0) is 17.8. The van der Waals surface area contributed by atoms with E-state index in [-0.39, 0.29) is 36.9 Å². The number of hydrogen-bond donors (Lipinski definition) is 2. The van der Waals surface area contributed by atoms with Gasteiger partial charge in [-0.15, -0.1) is 0 Å². The number of methoxy groups -OCH3 is 1. The van der Waals surface area contributed by atoms with Crippen LogP contribution in [0.25, 0.3) is 0 Å². The van der Waals surface area contributed by atoms with Gasteiger partial charge in [-0.25, -0.2) is 4.79 Å². The van der Waals surface area contributed by atoms with Gasteiger partial charge < -0.3 is 25.0 Å². The molecule has 7 heteroatoms. The molecule has 2 aliphatic rings. The highest BCUT2D eigenvalue weighted by atomic mass is 16.5. The second kappa shape index (κ2) is 7.57. The number of esters is 1. The lowest BCUT2D eigenvalue weighted by molar-refractivity contribution is -0.136. The van der Waals surface area contributed by atoms with Crippen LogP contribution in [0.4, 0.5) is 11.4 Å². The van der Waals surface area contributed by atoms with Gasteiger partial charge >= 0.3 is 5.97 Å². The van der Waals surface area contributed by atoms with Crippen LogP contribution in [0.2, 0.25) is 0 Å². The van der Waals surface area contributed by atoms with Crippen LogP contribution < -0.4 is 10.2 Å². The molecule has 0 aromatic heterocycles. The van der Waals surface area contributed by atoms with Gasteiger partial charge in [0.1, 0.15) is 5.70 Å². The van der Waals surface area contributed by atoms with Gasteiger partial charge in [-0.2, -0.15) is 0 Å². The van der Waals surface area contributed by atoms with Crippen molar-refractivity contribution in [3.63, 3.8) is 0 Å². The summed E-state index contributed by atoms with van der Waals surface area (Å²) in [5.74, 6) is -0.840. The third-order valence-corrected chi connectivity index (χ3v) is 4.54. The van der Waals surface area contributed by atoms with Crippen molar-refractivity contribution in [3.8, 4) is 0 Å². The number of carbonyl (C=O) groups is 2. The normalized spacial score (nSPS) is 17.4. The number of amides is 1. The molecule has 0 aliphatic carbocycles. The van der Waals surface area contributed by atoms with Crippen molar-refractivity contribution in [1.82, 2.24) is 4.90 Å². The summed E-state index contributed by atoms with van der Waals surface area (Å²) in [6.07, 6.45) is 2.37. The Morgan fingerprint density at radius 3 is 2.76 bits per heavy atom. The quantitative estimate of drug-likeness (QED) is 0.748. The fourth-order valence-corrected chi connectivity index (χ4v) is 3.25. The summed E-state index contributed by atoms with van der Waals surface area (Å²) in [5.41, 5.74) is 2.35. The number of aliphatic hydroxyl groups excluding tert-OH is 1. The molecule has 1 aromatic rings. The van der Waals surface area contributed by atoms with E-state index in [2.05, 4.69) is 10.2 Å². The van der Waals surface area contributed by atoms with Crippen molar-refractivity contribution in [2.24, 2.45) is 0 Å². The Morgan fingerprint density at radius 2 is 2.08 bits per heavy atom. The van der Waals surface area contributed by atoms with E-state index in [1.807, 2.05) is 24.3 Å². The molecule has 1 saturated heterocycles. The summed E-state index contributed by atoms with van der Waals surface area (Å²) >= 11 is 0. The Bertz CT molecular complexity index is 695. The first-order valence-corrected chi connectivity index (χ1v) is 8.47. The Balaban J connectivity index is 1.84. The highest BCUT2D eigenvalue weighted by Gasteiger charge is 2.34. The van der Waals surface area contributed by atoms with Gasteiger partial charge in [0.05, 0.1) is 25.8 Å². The van der Waals surface area contributed by atoms with Gasteiger partial charge in [-0.1, -0.05) is 6.07 Å². The molecule has 2 aliphatic heterocycles. The molecule has 0 spiro atoms. The predicted octanol–water partition coefficient (Wildman–Crippen LogP) is 0.960. The van der Waals surface area contributed by atoms with Gasteiger partial charge in [-0.05, 0) is 31.0 Å². The highest BCUT2D eigenvalue weighted by Crippen LogP contribution is 2.27. The average molecular weight is 345 g/mol. The van der Waals surface area contributed by atoms with Crippen LogP contribution in [0.3, 0.4) is 0 Å². The van der Waals surface area contributed by atoms with Crippen LogP contribution in [0, 0.1) is 0 Å². The highest BCUT2D eigenvalue weighted by molar-refractivity contribution is 6.08. The third kappa shape index (κ3) is 3.61. The molecule has 0 saturated carbocycles. The Morgan fingerprint density at radius 1 is 1.32 bits per heavy atom. The van der Waals surface area contributed by atoms with E-state index in [9.17, 15) is 9.59 Å². The summed E-state index contributed by atoms with van der Waals surface area (Å²) < 4.78 is 4.80. The van der Waals surface area contributed by atoms with E-state index in [1.54, 1.807) is 0 Å². The number of rotatable bonds is 6. The molecule has 134 valence electrons. The number of carbonyl (C=O) groups excluding carboxylic acids is 2. The first-order chi connectivity index (χ1) is 12.1. The maximum atomic E-state index is 12.5. The third-order valence-electron chi connectivity index (χ3n) is 4.54. The molecule has 2 heterocycles. The van der Waals surface area contributed by atoms with Crippen LogP contribution in [-0.2, 0) is 14.3 Å². The van der Waals surface area contributed by atoms with Gasteiger partial charge in [-0.3, -0.25) is 4.79 Å². The van der Waals surface area contributed by atoms with Crippen molar-refractivity contribution < 1.29 is 19.4 Å². The molecule has 0 bridgehead atoms. The number of ether oxygens (including phenoxy) is 1. The first-order valence-electron chi connectivity index (χ1n) is 8.47. The second-order valence-electron chi connectivity index (χ2n) is 6.16. The van der Waals surface area contributed by atoms with Crippen molar-refractivity contribution >= 4 is 23.3 Å². The van der Waals surface area contributed by atoms with Gasteiger partial charge in [0.15, 0.2) is 0 Å². The lowest BCUT2D eigenvalue weighted by atomic mass is 10.2. The Labute approximate surface area is 146 Å². The molecule has 1 aromatic carbocycles. The van der Waals surface area contributed by atoms with E-state index in [0.29, 0.717) is 0 Å². The lowest BCUT2D eigenvalue weighted by Crippen LogP contribution is -2.31. The second-order valence-corrected chi connectivity index (χ2v) is 6.16. The van der Waals surface area contributed by atoms with E-state index < -0.39 is 5.97 Å². The zero-order valence-corrected chi connectivity index (χ0v) is 14.3. The number of nitrogens with one attached hydrogen (secondary N) is 1. The Kier molecular flexibility index (Phi) is 5.23. The molecular formula is C18H23N3O4. The standard InChI is InChI=1S/C18H23N3O4/c1-25-18(24)15-12-21(9-10-22)17(23)16(15)19-13-5-4-6-14(11-13)20-7-2-3-8-20/h4-6,11,19,22H,2-3,7-10,12H2,1H3. The predicted molar refractivity (Wildman–Crippen MR) is 94.2 cm³/mol. The number of benzene rings is 1. The van der Waals surface area contributed by atoms with Crippen LogP contribution in [0.15, 0.2) is 35.5 Å². The van der Waals surface area contributed by atoms with Gasteiger partial charge in [0.2, 0.25) is 0 Å². The van der Waals surface area contributed by atoms with E-state index >= 15 is 0 Å². The first kappa shape index (κ1) is 17.3. The van der Waals surface area contributed by atoms with E-state index in [1.165, 1.54) is 24.9 Å². The molecule has 7 nitrogen and oxygen atoms in total. The maximum Gasteiger partial charge on any atom is 0.337 e. The van der Waals surface area contributed by atoms with E-state index in [0.717, 1.165) is 24.5 Å². The summed E-state index contributed by atoms with van der Waals surface area (Å²) in [4.78, 5) is 28.3.